The maximum absolute atomic E-state index is 12.9. The molecule has 3 aromatic carbocycles. The minimum Gasteiger partial charge on any atom is -0.464 e. The van der Waals surface area contributed by atoms with Gasteiger partial charge in [0.15, 0.2) is 0 Å². The third kappa shape index (κ3) is 3.14. The number of hydrogen-bond acceptors (Lipinski definition) is 3. The van der Waals surface area contributed by atoms with Crippen LogP contribution < -0.4 is 4.74 Å². The van der Waals surface area contributed by atoms with E-state index in [0.29, 0.717) is 12.0 Å². The normalized spacial score (nSPS) is 20.5. The largest absolute Gasteiger partial charge is 0.464 e. The number of ether oxygens (including phenoxy) is 1. The van der Waals surface area contributed by atoms with Crippen molar-refractivity contribution in [3.8, 4) is 5.75 Å². The molecule has 0 spiro atoms. The first-order valence-electron chi connectivity index (χ1n) is 9.35. The first-order chi connectivity index (χ1) is 14.0. The van der Waals surface area contributed by atoms with E-state index in [-0.39, 0.29) is 6.04 Å². The van der Waals surface area contributed by atoms with Gasteiger partial charge in [0.1, 0.15) is 5.75 Å². The monoisotopic (exact) mass is 394 g/mol. The van der Waals surface area contributed by atoms with Gasteiger partial charge in [-0.25, -0.2) is 5.01 Å². The summed E-state index contributed by atoms with van der Waals surface area (Å²) in [5.41, 5.74) is 2.96. The van der Waals surface area contributed by atoms with Crippen LogP contribution in [-0.4, -0.2) is 10.7 Å². The fourth-order valence-corrected chi connectivity index (χ4v) is 3.90. The van der Waals surface area contributed by atoms with Crippen molar-refractivity contribution in [3.05, 3.63) is 101 Å². The lowest BCUT2D eigenvalue weighted by molar-refractivity contribution is -0.137. The Morgan fingerprint density at radius 3 is 2.28 bits per heavy atom. The van der Waals surface area contributed by atoms with Crippen LogP contribution in [0.15, 0.2) is 84.0 Å². The molecule has 6 heteroatoms. The summed E-state index contributed by atoms with van der Waals surface area (Å²) in [6.07, 6.45) is -4.24. The Hall–Kier alpha value is -3.28. The van der Waals surface area contributed by atoms with E-state index in [1.54, 1.807) is 0 Å². The van der Waals surface area contributed by atoms with Crippen LogP contribution in [0.1, 0.15) is 40.9 Å². The number of halogens is 3. The Morgan fingerprint density at radius 2 is 1.55 bits per heavy atom. The summed E-state index contributed by atoms with van der Waals surface area (Å²) >= 11 is 0. The molecular weight excluding hydrogens is 377 g/mol. The molecule has 0 unspecified atom stereocenters. The van der Waals surface area contributed by atoms with Gasteiger partial charge in [-0.05, 0) is 23.8 Å². The third-order valence-corrected chi connectivity index (χ3v) is 5.33. The van der Waals surface area contributed by atoms with Crippen molar-refractivity contribution in [2.75, 3.05) is 0 Å². The van der Waals surface area contributed by atoms with Gasteiger partial charge in [-0.1, -0.05) is 60.7 Å². The van der Waals surface area contributed by atoms with Gasteiger partial charge in [0, 0.05) is 17.5 Å². The van der Waals surface area contributed by atoms with E-state index in [9.17, 15) is 13.2 Å². The van der Waals surface area contributed by atoms with Crippen molar-refractivity contribution in [1.29, 1.82) is 0 Å². The molecule has 0 saturated heterocycles. The molecule has 0 aliphatic carbocycles. The summed E-state index contributed by atoms with van der Waals surface area (Å²) in [6, 6.07) is 22.8. The molecule has 0 bridgehead atoms. The molecule has 2 aliphatic heterocycles. The number of benzene rings is 3. The molecular formula is C23H17F3N2O. The van der Waals surface area contributed by atoms with Gasteiger partial charge < -0.3 is 4.74 Å². The second kappa shape index (κ2) is 6.65. The number of para-hydroxylation sites is 1. The lowest BCUT2D eigenvalue weighted by Crippen LogP contribution is -2.33. The predicted molar refractivity (Wildman–Crippen MR) is 103 cm³/mol. The quantitative estimate of drug-likeness (QED) is 0.537. The SMILES string of the molecule is FC(F)(F)c1ccc([C@@H]2Oc3ccccc3[C@H]3CC(c4ccccc4)=NN32)cc1. The topological polar surface area (TPSA) is 24.8 Å². The van der Waals surface area contributed by atoms with Crippen molar-refractivity contribution in [2.45, 2.75) is 24.9 Å². The highest BCUT2D eigenvalue weighted by molar-refractivity contribution is 6.01. The molecule has 0 aromatic heterocycles. The second-order valence-electron chi connectivity index (χ2n) is 7.14. The number of hydrogen-bond donors (Lipinski definition) is 0. The van der Waals surface area contributed by atoms with Crippen molar-refractivity contribution in [2.24, 2.45) is 5.10 Å². The Kier molecular flexibility index (Phi) is 4.08. The molecule has 0 amide bonds. The maximum atomic E-state index is 12.9. The molecule has 0 fully saturated rings. The van der Waals surface area contributed by atoms with E-state index in [0.717, 1.165) is 34.7 Å². The summed E-state index contributed by atoms with van der Waals surface area (Å²) in [7, 11) is 0. The molecule has 3 nitrogen and oxygen atoms in total. The molecule has 29 heavy (non-hydrogen) atoms. The minimum absolute atomic E-state index is 0.0255. The Bertz CT molecular complexity index is 1060. The van der Waals surface area contributed by atoms with Crippen LogP contribution in [0.5, 0.6) is 5.75 Å². The third-order valence-electron chi connectivity index (χ3n) is 5.33. The number of rotatable bonds is 2. The van der Waals surface area contributed by atoms with Crippen molar-refractivity contribution in [1.82, 2.24) is 5.01 Å². The van der Waals surface area contributed by atoms with E-state index in [1.807, 2.05) is 59.6 Å². The maximum Gasteiger partial charge on any atom is 0.416 e. The van der Waals surface area contributed by atoms with E-state index in [1.165, 1.54) is 12.1 Å². The molecule has 5 rings (SSSR count). The highest BCUT2D eigenvalue weighted by atomic mass is 19.4. The van der Waals surface area contributed by atoms with Gasteiger partial charge in [0.2, 0.25) is 6.23 Å². The first-order valence-corrected chi connectivity index (χ1v) is 9.35. The predicted octanol–water partition coefficient (Wildman–Crippen LogP) is 5.95. The van der Waals surface area contributed by atoms with Gasteiger partial charge >= 0.3 is 6.18 Å². The van der Waals surface area contributed by atoms with Crippen molar-refractivity contribution in [3.63, 3.8) is 0 Å². The van der Waals surface area contributed by atoms with Gasteiger partial charge in [0.05, 0.1) is 17.3 Å². The molecule has 2 aliphatic rings. The van der Waals surface area contributed by atoms with Gasteiger partial charge in [-0.3, -0.25) is 0 Å². The average molecular weight is 394 g/mol. The Morgan fingerprint density at radius 1 is 0.862 bits per heavy atom. The van der Waals surface area contributed by atoms with Crippen LogP contribution in [-0.2, 0) is 6.18 Å². The van der Waals surface area contributed by atoms with Crippen LogP contribution in [0.2, 0.25) is 0 Å². The average Bonchev–Trinajstić information content (AvgIpc) is 3.19. The fourth-order valence-electron chi connectivity index (χ4n) is 3.90. The standard InChI is InChI=1S/C23H17F3N2O/c24-23(25,26)17-12-10-16(11-13-17)22-28-20(18-8-4-5-9-21(18)29-22)14-19(27-28)15-6-2-1-3-7-15/h1-13,20,22H,14H2/t20-,22+/m1/s1. The van der Waals surface area contributed by atoms with Crippen LogP contribution in [0.4, 0.5) is 13.2 Å². The van der Waals surface area contributed by atoms with Crippen LogP contribution in [0.25, 0.3) is 0 Å². The summed E-state index contributed by atoms with van der Waals surface area (Å²) in [4.78, 5) is 0. The minimum atomic E-state index is -4.37. The zero-order valence-electron chi connectivity index (χ0n) is 15.3. The van der Waals surface area contributed by atoms with Crippen molar-refractivity contribution >= 4 is 5.71 Å². The zero-order valence-corrected chi connectivity index (χ0v) is 15.3. The zero-order chi connectivity index (χ0) is 20.0. The summed E-state index contributed by atoms with van der Waals surface area (Å²) < 4.78 is 45.0. The van der Waals surface area contributed by atoms with Gasteiger partial charge in [-0.2, -0.15) is 18.3 Å². The van der Waals surface area contributed by atoms with Gasteiger partial charge in [0.25, 0.3) is 0 Å². The molecule has 146 valence electrons. The smallest absolute Gasteiger partial charge is 0.416 e. The van der Waals surface area contributed by atoms with E-state index >= 15 is 0 Å². The van der Waals surface area contributed by atoms with Crippen LogP contribution in [0.3, 0.4) is 0 Å². The molecule has 3 aromatic rings. The molecule has 2 atom stereocenters. The number of alkyl halides is 3. The molecule has 0 saturated carbocycles. The molecule has 0 radical (unpaired) electrons. The second-order valence-corrected chi connectivity index (χ2v) is 7.14. The van der Waals surface area contributed by atoms with E-state index in [4.69, 9.17) is 9.84 Å². The number of hydrazone groups is 1. The highest BCUT2D eigenvalue weighted by Crippen LogP contribution is 2.47. The number of nitrogens with zero attached hydrogens (tertiary/aromatic N) is 2. The van der Waals surface area contributed by atoms with Crippen LogP contribution in [0, 0.1) is 0 Å². The fraction of sp³-hybridized carbons (Fsp3) is 0.174. The van der Waals surface area contributed by atoms with E-state index < -0.39 is 18.0 Å². The lowest BCUT2D eigenvalue weighted by Gasteiger charge is -2.38. The first kappa shape index (κ1) is 17.8. The highest BCUT2D eigenvalue weighted by Gasteiger charge is 2.41. The van der Waals surface area contributed by atoms with Crippen molar-refractivity contribution < 1.29 is 17.9 Å². The summed E-state index contributed by atoms with van der Waals surface area (Å²) in [5.74, 6) is 0.739. The lowest BCUT2D eigenvalue weighted by atomic mass is 9.96. The summed E-state index contributed by atoms with van der Waals surface area (Å²) in [5, 5.41) is 6.68. The Labute approximate surface area is 166 Å². The van der Waals surface area contributed by atoms with E-state index in [2.05, 4.69) is 0 Å². The van der Waals surface area contributed by atoms with Crippen LogP contribution >= 0.6 is 0 Å². The van der Waals surface area contributed by atoms with Gasteiger partial charge in [-0.15, -0.1) is 0 Å². The Balaban J connectivity index is 1.56. The molecule has 0 N–H and O–H groups in total. The molecule has 2 heterocycles. The number of fused-ring (bicyclic) bond motifs is 3. The summed E-state index contributed by atoms with van der Waals surface area (Å²) in [6.45, 7) is 0.